The fourth-order valence-corrected chi connectivity index (χ4v) is 5.15. The van der Waals surface area contributed by atoms with E-state index < -0.39 is 17.4 Å². The molecule has 0 spiro atoms. The van der Waals surface area contributed by atoms with Gasteiger partial charge in [0.2, 0.25) is 0 Å². The minimum absolute atomic E-state index is 0.229. The van der Waals surface area contributed by atoms with Gasteiger partial charge in [0.25, 0.3) is 5.56 Å². The molecule has 1 saturated heterocycles. The number of benzene rings is 2. The molecule has 200 valence electrons. The number of hydrogen-bond donors (Lipinski definition) is 0. The molecule has 4 aromatic rings. The van der Waals surface area contributed by atoms with E-state index in [1.165, 1.54) is 35.9 Å². The van der Waals surface area contributed by atoms with Crippen LogP contribution in [0.15, 0.2) is 58.1 Å². The second kappa shape index (κ2) is 10.5. The Bertz CT molecular complexity index is 1510. The zero-order valence-corrected chi connectivity index (χ0v) is 21.7. The summed E-state index contributed by atoms with van der Waals surface area (Å²) in [6.45, 7) is 3.21. The van der Waals surface area contributed by atoms with Crippen molar-refractivity contribution in [3.8, 4) is 0 Å². The van der Waals surface area contributed by atoms with Crippen LogP contribution in [-0.4, -0.2) is 38.0 Å². The lowest BCUT2D eigenvalue weighted by molar-refractivity contribution is -0.00275. The SMILES string of the molecule is CCCc1nc2c(c(=O)n(C)c(=O)n2C)n1N1CCCC(OC(c2ccc(F)cc2)c2ccc(F)cc2)C1. The topological polar surface area (TPSA) is 74.3 Å². The van der Waals surface area contributed by atoms with Gasteiger partial charge in [0.1, 0.15) is 23.6 Å². The Morgan fingerprint density at radius 1 is 0.974 bits per heavy atom. The van der Waals surface area contributed by atoms with Crippen molar-refractivity contribution >= 4 is 11.2 Å². The summed E-state index contributed by atoms with van der Waals surface area (Å²) in [6.07, 6.45) is 2.30. The highest BCUT2D eigenvalue weighted by Gasteiger charge is 2.29. The van der Waals surface area contributed by atoms with Gasteiger partial charge in [-0.3, -0.25) is 13.9 Å². The summed E-state index contributed by atoms with van der Waals surface area (Å²) in [5.41, 5.74) is 1.44. The Hall–Kier alpha value is -3.79. The normalized spacial score (nSPS) is 16.1. The van der Waals surface area contributed by atoms with Gasteiger partial charge in [0, 0.05) is 27.1 Å². The Morgan fingerprint density at radius 3 is 2.16 bits per heavy atom. The Labute approximate surface area is 218 Å². The van der Waals surface area contributed by atoms with Crippen molar-refractivity contribution in [2.45, 2.75) is 44.8 Å². The summed E-state index contributed by atoms with van der Waals surface area (Å²) in [4.78, 5) is 30.5. The van der Waals surface area contributed by atoms with E-state index >= 15 is 0 Å². The highest BCUT2D eigenvalue weighted by Crippen LogP contribution is 2.30. The minimum Gasteiger partial charge on any atom is -0.364 e. The van der Waals surface area contributed by atoms with Gasteiger partial charge in [-0.05, 0) is 54.7 Å². The second-order valence-electron chi connectivity index (χ2n) is 9.76. The first-order valence-electron chi connectivity index (χ1n) is 12.9. The van der Waals surface area contributed by atoms with Crippen LogP contribution in [0.1, 0.15) is 49.2 Å². The van der Waals surface area contributed by atoms with Gasteiger partial charge in [-0.25, -0.2) is 23.2 Å². The van der Waals surface area contributed by atoms with E-state index in [1.54, 1.807) is 31.3 Å². The molecule has 1 fully saturated rings. The third-order valence-corrected chi connectivity index (χ3v) is 7.09. The number of ether oxygens (including phenoxy) is 1. The maximum Gasteiger partial charge on any atom is 0.332 e. The average molecular weight is 524 g/mol. The first-order valence-corrected chi connectivity index (χ1v) is 12.9. The van der Waals surface area contributed by atoms with Crippen molar-refractivity contribution < 1.29 is 13.5 Å². The van der Waals surface area contributed by atoms with Crippen LogP contribution >= 0.6 is 0 Å². The van der Waals surface area contributed by atoms with Crippen LogP contribution in [0.4, 0.5) is 8.78 Å². The second-order valence-corrected chi connectivity index (χ2v) is 9.76. The van der Waals surface area contributed by atoms with E-state index in [1.807, 2.05) is 11.6 Å². The van der Waals surface area contributed by atoms with E-state index in [0.29, 0.717) is 30.7 Å². The number of aryl methyl sites for hydroxylation is 2. The first-order chi connectivity index (χ1) is 18.3. The number of imidazole rings is 1. The average Bonchev–Trinajstić information content (AvgIpc) is 3.30. The molecule has 0 aliphatic carbocycles. The van der Waals surface area contributed by atoms with Crippen LogP contribution in [0.2, 0.25) is 0 Å². The lowest BCUT2D eigenvalue weighted by Gasteiger charge is -2.37. The van der Waals surface area contributed by atoms with E-state index in [9.17, 15) is 18.4 Å². The summed E-state index contributed by atoms with van der Waals surface area (Å²) in [5, 5.41) is 2.06. The largest absolute Gasteiger partial charge is 0.364 e. The molecule has 5 rings (SSSR count). The molecular weight excluding hydrogens is 492 g/mol. The standard InChI is InChI=1S/C28H31F2N5O3/c1-4-6-23-31-26-24(27(36)33(3)28(37)32(26)2)35(23)34-16-5-7-22(17-34)38-25(18-8-12-20(29)13-9-18)19-10-14-21(30)15-11-19/h8-15,22,25H,4-7,16-17H2,1-3H3. The quantitative estimate of drug-likeness (QED) is 0.370. The van der Waals surface area contributed by atoms with Crippen molar-refractivity contribution in [1.29, 1.82) is 0 Å². The molecule has 0 radical (unpaired) electrons. The number of nitrogens with zero attached hydrogens (tertiary/aromatic N) is 5. The molecule has 0 amide bonds. The molecule has 1 unspecified atom stereocenters. The monoisotopic (exact) mass is 523 g/mol. The third kappa shape index (κ3) is 4.76. The lowest BCUT2D eigenvalue weighted by atomic mass is 10.00. The minimum atomic E-state index is -0.524. The number of fused-ring (bicyclic) bond motifs is 1. The van der Waals surface area contributed by atoms with Crippen molar-refractivity contribution in [3.05, 3.63) is 98.0 Å². The highest BCUT2D eigenvalue weighted by molar-refractivity contribution is 5.71. The highest BCUT2D eigenvalue weighted by atomic mass is 19.1. The maximum absolute atomic E-state index is 13.7. The zero-order valence-electron chi connectivity index (χ0n) is 21.7. The van der Waals surface area contributed by atoms with Crippen molar-refractivity contribution in [2.24, 2.45) is 14.1 Å². The van der Waals surface area contributed by atoms with E-state index in [4.69, 9.17) is 9.72 Å². The van der Waals surface area contributed by atoms with Gasteiger partial charge in [0.15, 0.2) is 11.2 Å². The van der Waals surface area contributed by atoms with E-state index in [0.717, 1.165) is 40.8 Å². The molecule has 2 aromatic heterocycles. The van der Waals surface area contributed by atoms with Gasteiger partial charge in [-0.15, -0.1) is 0 Å². The number of piperidine rings is 1. The van der Waals surface area contributed by atoms with Gasteiger partial charge >= 0.3 is 5.69 Å². The van der Waals surface area contributed by atoms with Crippen molar-refractivity contribution in [3.63, 3.8) is 0 Å². The molecule has 3 heterocycles. The van der Waals surface area contributed by atoms with Crippen LogP contribution in [-0.2, 0) is 25.3 Å². The van der Waals surface area contributed by atoms with Crippen molar-refractivity contribution in [1.82, 2.24) is 18.8 Å². The molecule has 0 bridgehead atoms. The van der Waals surface area contributed by atoms with Crippen LogP contribution < -0.4 is 16.3 Å². The van der Waals surface area contributed by atoms with Gasteiger partial charge in [-0.2, -0.15) is 0 Å². The summed E-state index contributed by atoms with van der Waals surface area (Å²) < 4.78 is 38.3. The van der Waals surface area contributed by atoms with E-state index in [-0.39, 0.29) is 17.7 Å². The van der Waals surface area contributed by atoms with E-state index in [2.05, 4.69) is 5.01 Å². The number of rotatable bonds is 7. The van der Waals surface area contributed by atoms with Gasteiger partial charge in [0.05, 0.1) is 12.6 Å². The number of halogens is 2. The maximum atomic E-state index is 13.7. The molecule has 38 heavy (non-hydrogen) atoms. The van der Waals surface area contributed by atoms with Crippen LogP contribution in [0, 0.1) is 11.6 Å². The fraction of sp³-hybridized carbons (Fsp3) is 0.393. The zero-order chi connectivity index (χ0) is 27.0. The molecule has 1 atom stereocenters. The number of aromatic nitrogens is 4. The predicted octanol–water partition coefficient (Wildman–Crippen LogP) is 3.57. The smallest absolute Gasteiger partial charge is 0.332 e. The molecule has 8 nitrogen and oxygen atoms in total. The van der Waals surface area contributed by atoms with Crippen molar-refractivity contribution in [2.75, 3.05) is 18.1 Å². The van der Waals surface area contributed by atoms with Gasteiger partial charge in [-0.1, -0.05) is 31.2 Å². The Morgan fingerprint density at radius 2 is 1.58 bits per heavy atom. The molecule has 10 heteroatoms. The molecule has 1 aliphatic heterocycles. The third-order valence-electron chi connectivity index (χ3n) is 7.09. The Kier molecular flexibility index (Phi) is 7.16. The summed E-state index contributed by atoms with van der Waals surface area (Å²) >= 11 is 0. The molecule has 0 N–H and O–H groups in total. The molecule has 0 saturated carbocycles. The molecule has 2 aromatic carbocycles. The lowest BCUT2D eigenvalue weighted by Crippen LogP contribution is -2.48. The fourth-order valence-electron chi connectivity index (χ4n) is 5.15. The summed E-state index contributed by atoms with van der Waals surface area (Å²) in [6, 6.07) is 12.3. The summed E-state index contributed by atoms with van der Waals surface area (Å²) in [7, 11) is 3.09. The van der Waals surface area contributed by atoms with Gasteiger partial charge < -0.3 is 9.75 Å². The summed E-state index contributed by atoms with van der Waals surface area (Å²) in [5.74, 6) is 0.0267. The Balaban J connectivity index is 1.51. The first kappa shape index (κ1) is 25.8. The van der Waals surface area contributed by atoms with Crippen LogP contribution in [0.25, 0.3) is 11.2 Å². The van der Waals surface area contributed by atoms with Crippen LogP contribution in [0.5, 0.6) is 0 Å². The predicted molar refractivity (Wildman–Crippen MR) is 141 cm³/mol. The molecule has 1 aliphatic rings. The number of hydrogen-bond acceptors (Lipinski definition) is 5. The molecular formula is C28H31F2N5O3. The van der Waals surface area contributed by atoms with Crippen LogP contribution in [0.3, 0.4) is 0 Å².